The topological polar surface area (TPSA) is 62.4 Å². The number of hydrogen-bond donors (Lipinski definition) is 3. The highest BCUT2D eigenvalue weighted by molar-refractivity contribution is 5.68. The highest BCUT2D eigenvalue weighted by Crippen LogP contribution is 2.06. The SMILES string of the molecule is CC(C)(C)OC(=O)N[C@H]1CNCCN1. The Morgan fingerprint density at radius 3 is 2.64 bits per heavy atom. The number of carbonyl (C=O) groups excluding carboxylic acids is 1. The van der Waals surface area contributed by atoms with Gasteiger partial charge in [0.05, 0.1) is 6.17 Å². The molecule has 82 valence electrons. The summed E-state index contributed by atoms with van der Waals surface area (Å²) in [6, 6.07) is 0. The molecule has 0 spiro atoms. The number of carbonyl (C=O) groups is 1. The number of alkyl carbamates (subject to hydrolysis) is 1. The normalized spacial score (nSPS) is 22.9. The first-order valence-electron chi connectivity index (χ1n) is 4.91. The second-order valence-corrected chi connectivity index (χ2v) is 4.36. The Labute approximate surface area is 84.6 Å². The molecule has 0 saturated carbocycles. The van der Waals surface area contributed by atoms with Crippen LogP contribution in [0.2, 0.25) is 0 Å². The van der Waals surface area contributed by atoms with Crippen LogP contribution < -0.4 is 16.0 Å². The van der Waals surface area contributed by atoms with E-state index in [1.807, 2.05) is 20.8 Å². The van der Waals surface area contributed by atoms with Crippen LogP contribution in [-0.2, 0) is 4.74 Å². The molecule has 0 aliphatic carbocycles. The molecule has 0 bridgehead atoms. The average molecular weight is 201 g/mol. The number of amides is 1. The van der Waals surface area contributed by atoms with Crippen LogP contribution in [0.15, 0.2) is 0 Å². The highest BCUT2D eigenvalue weighted by atomic mass is 16.6. The summed E-state index contributed by atoms with van der Waals surface area (Å²) in [6.07, 6.45) is -0.405. The molecule has 0 aromatic carbocycles. The van der Waals surface area contributed by atoms with E-state index in [4.69, 9.17) is 4.74 Å². The Hall–Kier alpha value is -0.810. The van der Waals surface area contributed by atoms with Crippen LogP contribution in [0.25, 0.3) is 0 Å². The molecule has 5 nitrogen and oxygen atoms in total. The number of ether oxygens (including phenoxy) is 1. The molecule has 1 amide bonds. The molecule has 0 aromatic heterocycles. The quantitative estimate of drug-likeness (QED) is 0.560. The molecular formula is C9H19N3O2. The van der Waals surface area contributed by atoms with Crippen molar-refractivity contribution < 1.29 is 9.53 Å². The lowest BCUT2D eigenvalue weighted by Crippen LogP contribution is -2.57. The van der Waals surface area contributed by atoms with Crippen LogP contribution in [0, 0.1) is 0 Å². The molecule has 14 heavy (non-hydrogen) atoms. The van der Waals surface area contributed by atoms with Gasteiger partial charge in [-0.25, -0.2) is 4.79 Å². The Bertz CT molecular complexity index is 195. The third kappa shape index (κ3) is 4.43. The largest absolute Gasteiger partial charge is 0.444 e. The lowest BCUT2D eigenvalue weighted by molar-refractivity contribution is 0.0490. The Balaban J connectivity index is 2.25. The van der Waals surface area contributed by atoms with E-state index in [-0.39, 0.29) is 12.3 Å². The minimum absolute atomic E-state index is 0.0291. The summed E-state index contributed by atoms with van der Waals surface area (Å²) in [5.74, 6) is 0. The van der Waals surface area contributed by atoms with Crippen molar-refractivity contribution in [3.05, 3.63) is 0 Å². The first-order valence-corrected chi connectivity index (χ1v) is 4.91. The van der Waals surface area contributed by atoms with Crippen molar-refractivity contribution in [3.8, 4) is 0 Å². The molecule has 1 atom stereocenters. The van der Waals surface area contributed by atoms with Gasteiger partial charge in [0, 0.05) is 19.6 Å². The van der Waals surface area contributed by atoms with Crippen LogP contribution in [0.5, 0.6) is 0 Å². The van der Waals surface area contributed by atoms with E-state index in [9.17, 15) is 4.79 Å². The third-order valence-electron chi connectivity index (χ3n) is 1.73. The van der Waals surface area contributed by atoms with Gasteiger partial charge in [0.15, 0.2) is 0 Å². The molecular weight excluding hydrogens is 182 g/mol. The summed E-state index contributed by atoms with van der Waals surface area (Å²) in [4.78, 5) is 11.3. The first kappa shape index (κ1) is 11.3. The van der Waals surface area contributed by atoms with Crippen molar-refractivity contribution in [1.29, 1.82) is 0 Å². The van der Waals surface area contributed by atoms with Gasteiger partial charge in [-0.05, 0) is 20.8 Å². The molecule has 0 radical (unpaired) electrons. The van der Waals surface area contributed by atoms with Gasteiger partial charge in [-0.2, -0.15) is 0 Å². The predicted octanol–water partition coefficient (Wildman–Crippen LogP) is 0.0300. The molecule has 1 heterocycles. The lowest BCUT2D eigenvalue weighted by atomic mass is 10.2. The van der Waals surface area contributed by atoms with Crippen molar-refractivity contribution in [3.63, 3.8) is 0 Å². The number of piperazine rings is 1. The second kappa shape index (κ2) is 4.61. The van der Waals surface area contributed by atoms with Crippen molar-refractivity contribution in [2.75, 3.05) is 19.6 Å². The van der Waals surface area contributed by atoms with Gasteiger partial charge in [-0.15, -0.1) is 0 Å². The van der Waals surface area contributed by atoms with E-state index < -0.39 is 5.60 Å². The number of nitrogens with one attached hydrogen (secondary N) is 3. The molecule has 5 heteroatoms. The maximum atomic E-state index is 11.3. The van der Waals surface area contributed by atoms with Crippen LogP contribution in [0.3, 0.4) is 0 Å². The summed E-state index contributed by atoms with van der Waals surface area (Å²) in [5.41, 5.74) is -0.438. The van der Waals surface area contributed by atoms with Gasteiger partial charge in [0.2, 0.25) is 0 Å². The summed E-state index contributed by atoms with van der Waals surface area (Å²) in [6.45, 7) is 8.07. The smallest absolute Gasteiger partial charge is 0.408 e. The van der Waals surface area contributed by atoms with E-state index in [1.165, 1.54) is 0 Å². The zero-order valence-corrected chi connectivity index (χ0v) is 9.02. The van der Waals surface area contributed by atoms with E-state index in [0.717, 1.165) is 19.6 Å². The maximum Gasteiger partial charge on any atom is 0.408 e. The van der Waals surface area contributed by atoms with Crippen LogP contribution >= 0.6 is 0 Å². The number of rotatable bonds is 1. The zero-order valence-electron chi connectivity index (χ0n) is 9.02. The average Bonchev–Trinajstić information content (AvgIpc) is 2.02. The lowest BCUT2D eigenvalue weighted by Gasteiger charge is -2.27. The van der Waals surface area contributed by atoms with Gasteiger partial charge in [0.25, 0.3) is 0 Å². The fourth-order valence-corrected chi connectivity index (χ4v) is 1.21. The summed E-state index contributed by atoms with van der Waals surface area (Å²) < 4.78 is 5.12. The fraction of sp³-hybridized carbons (Fsp3) is 0.889. The standard InChI is InChI=1S/C9H19N3O2/c1-9(2,3)14-8(13)12-7-6-10-4-5-11-7/h7,10-11H,4-6H2,1-3H3,(H,12,13)/t7-/m0/s1. The third-order valence-corrected chi connectivity index (χ3v) is 1.73. The highest BCUT2D eigenvalue weighted by Gasteiger charge is 2.19. The minimum Gasteiger partial charge on any atom is -0.444 e. The van der Waals surface area contributed by atoms with Crippen molar-refractivity contribution >= 4 is 6.09 Å². The molecule has 1 aliphatic rings. The van der Waals surface area contributed by atoms with Crippen molar-refractivity contribution in [2.24, 2.45) is 0 Å². The van der Waals surface area contributed by atoms with Crippen LogP contribution in [-0.4, -0.2) is 37.5 Å². The number of hydrogen-bond acceptors (Lipinski definition) is 4. The van der Waals surface area contributed by atoms with Crippen molar-refractivity contribution in [1.82, 2.24) is 16.0 Å². The Morgan fingerprint density at radius 2 is 2.14 bits per heavy atom. The molecule has 1 saturated heterocycles. The Morgan fingerprint density at radius 1 is 1.43 bits per heavy atom. The minimum atomic E-state index is -0.438. The maximum absolute atomic E-state index is 11.3. The zero-order chi connectivity index (χ0) is 10.6. The monoisotopic (exact) mass is 201 g/mol. The second-order valence-electron chi connectivity index (χ2n) is 4.36. The Kier molecular flexibility index (Phi) is 3.71. The van der Waals surface area contributed by atoms with E-state index >= 15 is 0 Å². The van der Waals surface area contributed by atoms with Crippen LogP contribution in [0.1, 0.15) is 20.8 Å². The molecule has 3 N–H and O–H groups in total. The molecule has 0 unspecified atom stereocenters. The van der Waals surface area contributed by atoms with E-state index in [2.05, 4.69) is 16.0 Å². The fourth-order valence-electron chi connectivity index (χ4n) is 1.21. The van der Waals surface area contributed by atoms with Gasteiger partial charge < -0.3 is 15.4 Å². The van der Waals surface area contributed by atoms with Crippen LogP contribution in [0.4, 0.5) is 4.79 Å². The molecule has 1 fully saturated rings. The van der Waals surface area contributed by atoms with Gasteiger partial charge >= 0.3 is 6.09 Å². The van der Waals surface area contributed by atoms with Gasteiger partial charge in [-0.3, -0.25) is 5.32 Å². The van der Waals surface area contributed by atoms with E-state index in [0.29, 0.717) is 0 Å². The predicted molar refractivity (Wildman–Crippen MR) is 54.0 cm³/mol. The molecule has 0 aromatic rings. The molecule has 1 aliphatic heterocycles. The first-order chi connectivity index (χ1) is 6.47. The summed E-state index contributed by atoms with van der Waals surface area (Å²) in [5, 5.41) is 9.07. The van der Waals surface area contributed by atoms with Gasteiger partial charge in [0.1, 0.15) is 5.60 Å². The summed E-state index contributed by atoms with van der Waals surface area (Å²) in [7, 11) is 0. The van der Waals surface area contributed by atoms with E-state index in [1.54, 1.807) is 0 Å². The summed E-state index contributed by atoms with van der Waals surface area (Å²) >= 11 is 0. The van der Waals surface area contributed by atoms with Crippen molar-refractivity contribution in [2.45, 2.75) is 32.5 Å². The van der Waals surface area contributed by atoms with Gasteiger partial charge in [-0.1, -0.05) is 0 Å². The molecule has 1 rings (SSSR count).